The molecule has 0 fully saturated rings. The molecule has 0 amide bonds. The van der Waals surface area contributed by atoms with Crippen molar-refractivity contribution in [1.29, 1.82) is 0 Å². The molecule has 0 heterocycles. The van der Waals surface area contributed by atoms with Crippen LogP contribution in [0.1, 0.15) is 6.92 Å². The Bertz CT molecular complexity index is 460. The number of benzene rings is 1. The zero-order valence-corrected chi connectivity index (χ0v) is 9.78. The van der Waals surface area contributed by atoms with Gasteiger partial charge in [-0.05, 0) is 31.2 Å². The predicted molar refractivity (Wildman–Crippen MR) is 57.2 cm³/mol. The Labute approximate surface area is 93.9 Å². The van der Waals surface area contributed by atoms with Crippen molar-refractivity contribution in [3.8, 4) is 5.75 Å². The second kappa shape index (κ2) is 4.98. The van der Waals surface area contributed by atoms with Gasteiger partial charge in [0, 0.05) is 0 Å². The van der Waals surface area contributed by atoms with Crippen molar-refractivity contribution >= 4 is 15.1 Å². The summed E-state index contributed by atoms with van der Waals surface area (Å²) >= 11 is 0. The van der Waals surface area contributed by atoms with E-state index in [1.807, 2.05) is 6.92 Å². The van der Waals surface area contributed by atoms with Crippen molar-refractivity contribution in [2.45, 2.75) is 11.8 Å². The number of rotatable bonds is 3. The Morgan fingerprint density at radius 3 is 2.25 bits per heavy atom. The molecule has 0 N–H and O–H groups in total. The number of carbonyl (C=O) groups is 1. The van der Waals surface area contributed by atoms with E-state index in [1.165, 1.54) is 24.3 Å². The van der Waals surface area contributed by atoms with E-state index in [9.17, 15) is 13.2 Å². The molecule has 0 saturated heterocycles. The van der Waals surface area contributed by atoms with E-state index in [0.717, 1.165) is 7.11 Å². The van der Waals surface area contributed by atoms with E-state index in [1.54, 1.807) is 0 Å². The summed E-state index contributed by atoms with van der Waals surface area (Å²) in [7, 11) is -3.02. The first-order valence-electron chi connectivity index (χ1n) is 4.58. The van der Waals surface area contributed by atoms with Gasteiger partial charge in [-0.15, -0.1) is 0 Å². The quantitative estimate of drug-likeness (QED) is 0.756. The van der Waals surface area contributed by atoms with Crippen LogP contribution in [-0.4, -0.2) is 27.4 Å². The van der Waals surface area contributed by atoms with E-state index in [2.05, 4.69) is 4.74 Å². The lowest BCUT2D eigenvalue weighted by Crippen LogP contribution is -2.14. The van der Waals surface area contributed by atoms with Crippen molar-refractivity contribution in [2.75, 3.05) is 13.7 Å². The number of sulfone groups is 1. The van der Waals surface area contributed by atoms with Crippen LogP contribution >= 0.6 is 0 Å². The largest absolute Gasteiger partial charge is 0.494 e. The van der Waals surface area contributed by atoms with E-state index in [-0.39, 0.29) is 4.90 Å². The maximum atomic E-state index is 11.5. The van der Waals surface area contributed by atoms with Crippen molar-refractivity contribution in [2.24, 2.45) is 0 Å². The molecule has 0 aliphatic rings. The molecular formula is C10H12O5S. The monoisotopic (exact) mass is 244 g/mol. The zero-order chi connectivity index (χ0) is 12.2. The van der Waals surface area contributed by atoms with Crippen LogP contribution in [-0.2, 0) is 14.6 Å². The third-order valence-electron chi connectivity index (χ3n) is 1.83. The maximum absolute atomic E-state index is 11.5. The third-order valence-corrected chi connectivity index (χ3v) is 3.33. The van der Waals surface area contributed by atoms with Crippen molar-refractivity contribution in [1.82, 2.24) is 0 Å². The summed E-state index contributed by atoms with van der Waals surface area (Å²) < 4.78 is 32.4. The van der Waals surface area contributed by atoms with Gasteiger partial charge in [0.15, 0.2) is 0 Å². The summed E-state index contributed by atoms with van der Waals surface area (Å²) in [6, 6.07) is 5.58. The average Bonchev–Trinajstić information content (AvgIpc) is 2.29. The van der Waals surface area contributed by atoms with Gasteiger partial charge in [-0.3, -0.25) is 0 Å². The van der Waals surface area contributed by atoms with Crippen LogP contribution in [0.25, 0.3) is 0 Å². The molecule has 0 saturated carbocycles. The van der Waals surface area contributed by atoms with Gasteiger partial charge in [0.25, 0.3) is 9.84 Å². The highest BCUT2D eigenvalue weighted by Gasteiger charge is 2.25. The lowest BCUT2D eigenvalue weighted by Gasteiger charge is -2.04. The highest BCUT2D eigenvalue weighted by atomic mass is 32.2. The molecule has 0 aliphatic heterocycles. The molecule has 0 bridgehead atoms. The van der Waals surface area contributed by atoms with Crippen LogP contribution < -0.4 is 4.74 Å². The Hall–Kier alpha value is -1.56. The normalized spacial score (nSPS) is 10.9. The number of ether oxygens (including phenoxy) is 2. The summed E-state index contributed by atoms with van der Waals surface area (Å²) in [4.78, 5) is 10.9. The first-order chi connectivity index (χ1) is 7.52. The standard InChI is InChI=1S/C10H12O5S/c1-3-15-8-4-6-9(7-5-8)16(12,13)10(11)14-2/h4-7H,3H2,1-2H3. The molecule has 0 atom stereocenters. The first-order valence-corrected chi connectivity index (χ1v) is 6.06. The molecule has 0 unspecified atom stereocenters. The fraction of sp³-hybridized carbons (Fsp3) is 0.300. The van der Waals surface area contributed by atoms with E-state index in [4.69, 9.17) is 4.74 Å². The fourth-order valence-electron chi connectivity index (χ4n) is 1.09. The maximum Gasteiger partial charge on any atom is 0.429 e. The van der Waals surface area contributed by atoms with Crippen LogP contribution in [0, 0.1) is 0 Å². The molecule has 0 spiro atoms. The van der Waals surface area contributed by atoms with Crippen LogP contribution in [0.2, 0.25) is 0 Å². The van der Waals surface area contributed by atoms with Crippen molar-refractivity contribution in [3.63, 3.8) is 0 Å². The Balaban J connectivity index is 3.02. The lowest BCUT2D eigenvalue weighted by atomic mass is 10.3. The minimum Gasteiger partial charge on any atom is -0.494 e. The van der Waals surface area contributed by atoms with Crippen LogP contribution in [0.5, 0.6) is 5.75 Å². The summed E-state index contributed by atoms with van der Waals surface area (Å²) in [5.41, 5.74) is 0. The highest BCUT2D eigenvalue weighted by molar-refractivity contribution is 8.05. The first kappa shape index (κ1) is 12.5. The number of hydrogen-bond donors (Lipinski definition) is 0. The highest BCUT2D eigenvalue weighted by Crippen LogP contribution is 2.18. The van der Waals surface area contributed by atoms with Gasteiger partial charge in [0.05, 0.1) is 18.6 Å². The molecule has 6 heteroatoms. The third kappa shape index (κ3) is 2.52. The Morgan fingerprint density at radius 2 is 1.81 bits per heavy atom. The molecule has 16 heavy (non-hydrogen) atoms. The van der Waals surface area contributed by atoms with Gasteiger partial charge < -0.3 is 9.47 Å². The SMILES string of the molecule is CCOc1ccc(S(=O)(=O)C(=O)OC)cc1. The summed E-state index contributed by atoms with van der Waals surface area (Å²) in [5.74, 6) is 0.548. The molecule has 0 aliphatic carbocycles. The van der Waals surface area contributed by atoms with Gasteiger partial charge in [-0.1, -0.05) is 0 Å². The Morgan fingerprint density at radius 1 is 1.25 bits per heavy atom. The van der Waals surface area contributed by atoms with Gasteiger partial charge in [-0.25, -0.2) is 13.2 Å². The second-order valence-corrected chi connectivity index (χ2v) is 4.67. The molecule has 0 radical (unpaired) electrons. The molecule has 1 aromatic rings. The molecule has 5 nitrogen and oxygen atoms in total. The summed E-state index contributed by atoms with van der Waals surface area (Å²) in [6.45, 7) is 2.31. The fourth-order valence-corrected chi connectivity index (χ4v) is 1.99. The number of hydrogen-bond acceptors (Lipinski definition) is 5. The van der Waals surface area contributed by atoms with Crippen LogP contribution in [0.3, 0.4) is 0 Å². The van der Waals surface area contributed by atoms with E-state index >= 15 is 0 Å². The van der Waals surface area contributed by atoms with Gasteiger partial charge in [0.2, 0.25) is 0 Å². The van der Waals surface area contributed by atoms with E-state index in [0.29, 0.717) is 12.4 Å². The van der Waals surface area contributed by atoms with Crippen LogP contribution in [0.4, 0.5) is 4.79 Å². The Kier molecular flexibility index (Phi) is 3.89. The van der Waals surface area contributed by atoms with Gasteiger partial charge in [-0.2, -0.15) is 0 Å². The summed E-state index contributed by atoms with van der Waals surface area (Å²) in [5, 5.41) is -1.27. The van der Waals surface area contributed by atoms with Crippen molar-refractivity contribution in [3.05, 3.63) is 24.3 Å². The molecular weight excluding hydrogens is 232 g/mol. The van der Waals surface area contributed by atoms with Crippen molar-refractivity contribution < 1.29 is 22.7 Å². The minimum atomic E-state index is -4.04. The molecule has 1 rings (SSSR count). The van der Waals surface area contributed by atoms with Gasteiger partial charge >= 0.3 is 5.30 Å². The topological polar surface area (TPSA) is 69.7 Å². The minimum absolute atomic E-state index is 0.109. The predicted octanol–water partition coefficient (Wildman–Crippen LogP) is 1.63. The molecule has 1 aromatic carbocycles. The lowest BCUT2D eigenvalue weighted by molar-refractivity contribution is 0.197. The van der Waals surface area contributed by atoms with E-state index < -0.39 is 15.1 Å². The number of carbonyl (C=O) groups excluding carboxylic acids is 1. The second-order valence-electron chi connectivity index (χ2n) is 2.86. The molecule has 0 aromatic heterocycles. The van der Waals surface area contributed by atoms with Crippen LogP contribution in [0.15, 0.2) is 29.2 Å². The molecule has 88 valence electrons. The number of methoxy groups -OCH3 is 1. The van der Waals surface area contributed by atoms with Gasteiger partial charge in [0.1, 0.15) is 5.75 Å². The zero-order valence-electron chi connectivity index (χ0n) is 8.97. The smallest absolute Gasteiger partial charge is 0.429 e. The summed E-state index contributed by atoms with van der Waals surface area (Å²) in [6.07, 6.45) is 0. The average molecular weight is 244 g/mol.